The number of nitrogens with two attached hydrogens (primary N) is 1. The third-order valence-electron chi connectivity index (χ3n) is 2.85. The number of hydrogen-bond donors (Lipinski definition) is 1. The fraction of sp³-hybridized carbons (Fsp3) is 0.500. The van der Waals surface area contributed by atoms with Crippen LogP contribution in [0.3, 0.4) is 0 Å². The molecule has 2 nitrogen and oxygen atoms in total. The van der Waals surface area contributed by atoms with E-state index in [0.29, 0.717) is 24.6 Å². The van der Waals surface area contributed by atoms with Crippen LogP contribution in [0.1, 0.15) is 31.9 Å². The molecule has 0 saturated heterocycles. The Kier molecular flexibility index (Phi) is 6.55. The Bertz CT molecular complexity index is 458. The Labute approximate surface area is 115 Å². The Morgan fingerprint density at radius 1 is 1.37 bits per heavy atom. The molecule has 0 heterocycles. The van der Waals surface area contributed by atoms with Gasteiger partial charge in [-0.05, 0) is 24.6 Å². The highest BCUT2D eigenvalue weighted by Gasteiger charge is 2.09. The van der Waals surface area contributed by atoms with E-state index in [4.69, 9.17) is 5.73 Å². The van der Waals surface area contributed by atoms with E-state index < -0.39 is 0 Å². The van der Waals surface area contributed by atoms with Gasteiger partial charge in [0.25, 0.3) is 0 Å². The van der Waals surface area contributed by atoms with Crippen molar-refractivity contribution in [2.75, 3.05) is 19.6 Å². The normalized spacial score (nSPS) is 10.7. The Hall–Kier alpha value is -1.37. The molecule has 104 valence electrons. The van der Waals surface area contributed by atoms with Crippen LogP contribution in [0, 0.1) is 23.6 Å². The molecule has 2 N–H and O–H groups in total. The summed E-state index contributed by atoms with van der Waals surface area (Å²) in [4.78, 5) is 2.24. The average molecular weight is 262 g/mol. The van der Waals surface area contributed by atoms with Gasteiger partial charge in [-0.2, -0.15) is 0 Å². The lowest BCUT2D eigenvalue weighted by molar-refractivity contribution is 0.245. The monoisotopic (exact) mass is 262 g/mol. The van der Waals surface area contributed by atoms with E-state index in [9.17, 15) is 4.39 Å². The van der Waals surface area contributed by atoms with Gasteiger partial charge in [0.05, 0.1) is 6.54 Å². The third kappa shape index (κ3) is 5.42. The quantitative estimate of drug-likeness (QED) is 0.827. The number of rotatable bonds is 5. The zero-order valence-electron chi connectivity index (χ0n) is 12.0. The van der Waals surface area contributed by atoms with Crippen molar-refractivity contribution in [2.45, 2.75) is 27.3 Å². The van der Waals surface area contributed by atoms with Crippen molar-refractivity contribution in [1.82, 2.24) is 4.90 Å². The summed E-state index contributed by atoms with van der Waals surface area (Å²) in [5.41, 5.74) is 6.70. The second kappa shape index (κ2) is 7.93. The molecule has 1 aromatic rings. The summed E-state index contributed by atoms with van der Waals surface area (Å²) in [7, 11) is 0. The molecule has 1 rings (SSSR count). The molecular formula is C16H23FN2. The van der Waals surface area contributed by atoms with E-state index >= 15 is 0 Å². The summed E-state index contributed by atoms with van der Waals surface area (Å²) in [5.74, 6) is 5.97. The first-order valence-corrected chi connectivity index (χ1v) is 6.76. The highest BCUT2D eigenvalue weighted by atomic mass is 19.1. The second-order valence-electron chi connectivity index (χ2n) is 5.03. The summed E-state index contributed by atoms with van der Waals surface area (Å²) in [6.07, 6.45) is 0. The van der Waals surface area contributed by atoms with Gasteiger partial charge in [0.1, 0.15) is 5.82 Å². The fourth-order valence-corrected chi connectivity index (χ4v) is 1.97. The van der Waals surface area contributed by atoms with Gasteiger partial charge in [0.15, 0.2) is 0 Å². The van der Waals surface area contributed by atoms with Crippen molar-refractivity contribution in [1.29, 1.82) is 0 Å². The first kappa shape index (κ1) is 15.7. The van der Waals surface area contributed by atoms with Crippen molar-refractivity contribution in [3.63, 3.8) is 0 Å². The summed E-state index contributed by atoms with van der Waals surface area (Å²) >= 11 is 0. The van der Waals surface area contributed by atoms with Crippen LogP contribution in [0.4, 0.5) is 4.39 Å². The second-order valence-corrected chi connectivity index (χ2v) is 5.03. The van der Waals surface area contributed by atoms with Crippen LogP contribution in [0.2, 0.25) is 0 Å². The largest absolute Gasteiger partial charge is 0.320 e. The van der Waals surface area contributed by atoms with Gasteiger partial charge in [0, 0.05) is 24.2 Å². The van der Waals surface area contributed by atoms with Gasteiger partial charge in [-0.1, -0.05) is 38.7 Å². The standard InChI is InChI=1S/C16H23FN2/c1-4-19(11-13(2)3)12-15-8-7-14(6-5-9-18)10-16(15)17/h7-8,10,13H,4,9,11-12,18H2,1-3H3. The van der Waals surface area contributed by atoms with Crippen molar-refractivity contribution >= 4 is 0 Å². The summed E-state index contributed by atoms with van der Waals surface area (Å²) < 4.78 is 14.0. The maximum Gasteiger partial charge on any atom is 0.128 e. The van der Waals surface area contributed by atoms with Crippen molar-refractivity contribution < 1.29 is 4.39 Å². The van der Waals surface area contributed by atoms with Crippen LogP contribution in [0.25, 0.3) is 0 Å². The van der Waals surface area contributed by atoms with Gasteiger partial charge in [-0.3, -0.25) is 4.90 Å². The highest BCUT2D eigenvalue weighted by molar-refractivity contribution is 5.37. The van der Waals surface area contributed by atoms with Gasteiger partial charge >= 0.3 is 0 Å². The number of hydrogen-bond acceptors (Lipinski definition) is 2. The molecule has 0 radical (unpaired) electrons. The average Bonchev–Trinajstić information content (AvgIpc) is 2.37. The van der Waals surface area contributed by atoms with Crippen molar-refractivity contribution in [2.24, 2.45) is 11.7 Å². The predicted molar refractivity (Wildman–Crippen MR) is 78.1 cm³/mol. The maximum atomic E-state index is 14.0. The zero-order chi connectivity index (χ0) is 14.3. The van der Waals surface area contributed by atoms with E-state index in [2.05, 4.69) is 37.5 Å². The first-order chi connectivity index (χ1) is 9.06. The minimum atomic E-state index is -0.189. The lowest BCUT2D eigenvalue weighted by atomic mass is 10.1. The number of nitrogens with zero attached hydrogens (tertiary/aromatic N) is 1. The Morgan fingerprint density at radius 3 is 2.63 bits per heavy atom. The molecule has 0 atom stereocenters. The lowest BCUT2D eigenvalue weighted by Crippen LogP contribution is -2.27. The summed E-state index contributed by atoms with van der Waals surface area (Å²) in [6.45, 7) is 9.28. The van der Waals surface area contributed by atoms with E-state index in [1.807, 2.05) is 12.1 Å². The molecule has 0 bridgehead atoms. The van der Waals surface area contributed by atoms with E-state index in [-0.39, 0.29) is 5.82 Å². The molecule has 1 aromatic carbocycles. The van der Waals surface area contributed by atoms with Crippen LogP contribution in [-0.4, -0.2) is 24.5 Å². The molecule has 0 aliphatic heterocycles. The first-order valence-electron chi connectivity index (χ1n) is 6.76. The molecule has 0 aliphatic rings. The van der Waals surface area contributed by atoms with Gasteiger partial charge in [-0.25, -0.2) is 4.39 Å². The van der Waals surface area contributed by atoms with E-state index in [1.165, 1.54) is 6.07 Å². The molecule has 0 fully saturated rings. The molecule has 3 heteroatoms. The smallest absolute Gasteiger partial charge is 0.128 e. The van der Waals surface area contributed by atoms with Gasteiger partial charge in [0.2, 0.25) is 0 Å². The number of halogens is 1. The van der Waals surface area contributed by atoms with E-state index in [0.717, 1.165) is 18.7 Å². The third-order valence-corrected chi connectivity index (χ3v) is 2.85. The summed E-state index contributed by atoms with van der Waals surface area (Å²) in [6, 6.07) is 5.16. The highest BCUT2D eigenvalue weighted by Crippen LogP contribution is 2.13. The predicted octanol–water partition coefficient (Wildman–Crippen LogP) is 2.61. The lowest BCUT2D eigenvalue weighted by Gasteiger charge is -2.22. The molecule has 0 saturated carbocycles. The molecular weight excluding hydrogens is 239 g/mol. The molecule has 19 heavy (non-hydrogen) atoms. The Balaban J connectivity index is 2.78. The number of benzene rings is 1. The summed E-state index contributed by atoms with van der Waals surface area (Å²) in [5, 5.41) is 0. The van der Waals surface area contributed by atoms with Crippen molar-refractivity contribution in [3.8, 4) is 11.8 Å². The Morgan fingerprint density at radius 2 is 2.11 bits per heavy atom. The van der Waals surface area contributed by atoms with Crippen LogP contribution in [0.5, 0.6) is 0 Å². The topological polar surface area (TPSA) is 29.3 Å². The zero-order valence-corrected chi connectivity index (χ0v) is 12.0. The van der Waals surface area contributed by atoms with Crippen LogP contribution >= 0.6 is 0 Å². The minimum Gasteiger partial charge on any atom is -0.320 e. The molecule has 0 amide bonds. The van der Waals surface area contributed by atoms with Gasteiger partial charge in [-0.15, -0.1) is 0 Å². The van der Waals surface area contributed by atoms with Crippen molar-refractivity contribution in [3.05, 3.63) is 35.1 Å². The van der Waals surface area contributed by atoms with Crippen LogP contribution in [0.15, 0.2) is 18.2 Å². The maximum absolute atomic E-state index is 14.0. The molecule has 0 unspecified atom stereocenters. The molecule has 0 aliphatic carbocycles. The minimum absolute atomic E-state index is 0.189. The SMILES string of the molecule is CCN(Cc1ccc(C#CCN)cc1F)CC(C)C. The van der Waals surface area contributed by atoms with Crippen LogP contribution in [-0.2, 0) is 6.54 Å². The van der Waals surface area contributed by atoms with Gasteiger partial charge < -0.3 is 5.73 Å². The molecule has 0 spiro atoms. The van der Waals surface area contributed by atoms with E-state index in [1.54, 1.807) is 0 Å². The molecule has 0 aromatic heterocycles. The fourth-order valence-electron chi connectivity index (χ4n) is 1.97. The van der Waals surface area contributed by atoms with Crippen LogP contribution < -0.4 is 5.73 Å².